The molecule has 0 radical (unpaired) electrons. The molecule has 3 atom stereocenters. The summed E-state index contributed by atoms with van der Waals surface area (Å²) in [4.78, 5) is 16.7. The largest absolute Gasteiger partial charge is 0.468 e. The molecular weight excluding hydrogens is 242 g/mol. The number of esters is 1. The first-order chi connectivity index (χ1) is 9.15. The van der Waals surface area contributed by atoms with Crippen molar-refractivity contribution >= 4 is 5.97 Å². The van der Waals surface area contributed by atoms with Gasteiger partial charge in [-0.2, -0.15) is 0 Å². The molecule has 2 aliphatic heterocycles. The molecule has 0 spiro atoms. The van der Waals surface area contributed by atoms with E-state index in [4.69, 9.17) is 4.74 Å². The summed E-state index contributed by atoms with van der Waals surface area (Å²) < 4.78 is 4.81. The zero-order valence-electron chi connectivity index (χ0n) is 12.4. The second-order valence-corrected chi connectivity index (χ2v) is 5.79. The van der Waals surface area contributed by atoms with E-state index in [1.54, 1.807) is 0 Å². The van der Waals surface area contributed by atoms with E-state index >= 15 is 0 Å². The van der Waals surface area contributed by atoms with Gasteiger partial charge in [-0.25, -0.2) is 0 Å². The van der Waals surface area contributed by atoms with Gasteiger partial charge < -0.3 is 10.1 Å². The predicted molar refractivity (Wildman–Crippen MR) is 75.1 cm³/mol. The van der Waals surface area contributed by atoms with Crippen molar-refractivity contribution in [2.24, 2.45) is 0 Å². The molecule has 2 rings (SSSR count). The van der Waals surface area contributed by atoms with Crippen LogP contribution in [0, 0.1) is 0 Å². The van der Waals surface area contributed by atoms with Crippen LogP contribution in [0.4, 0.5) is 0 Å². The summed E-state index contributed by atoms with van der Waals surface area (Å²) in [6.45, 7) is 6.85. The zero-order valence-corrected chi connectivity index (χ0v) is 12.4. The van der Waals surface area contributed by atoms with Crippen LogP contribution in [-0.2, 0) is 9.53 Å². The molecule has 110 valence electrons. The molecule has 0 aromatic carbocycles. The van der Waals surface area contributed by atoms with Gasteiger partial charge in [-0.15, -0.1) is 0 Å². The summed E-state index contributed by atoms with van der Waals surface area (Å²) in [6, 6.07) is 1.14. The molecule has 0 aliphatic carbocycles. The molecule has 19 heavy (non-hydrogen) atoms. The van der Waals surface area contributed by atoms with Gasteiger partial charge in [0.25, 0.3) is 0 Å². The van der Waals surface area contributed by atoms with Gasteiger partial charge in [0, 0.05) is 31.7 Å². The Hall–Kier alpha value is -0.650. The highest BCUT2D eigenvalue weighted by molar-refractivity contribution is 5.75. The van der Waals surface area contributed by atoms with E-state index in [1.807, 2.05) is 7.05 Å². The second kappa shape index (κ2) is 6.68. The number of fused-ring (bicyclic) bond motifs is 1. The highest BCUT2D eigenvalue weighted by Gasteiger charge is 2.34. The SMILES string of the molecule is CNC(CCN1CC2CCCN2CC1C)C(=O)OC. The number of methoxy groups -OCH3 is 1. The van der Waals surface area contributed by atoms with Gasteiger partial charge in [-0.05, 0) is 39.8 Å². The molecule has 0 saturated carbocycles. The minimum absolute atomic E-state index is 0.158. The van der Waals surface area contributed by atoms with Crippen LogP contribution >= 0.6 is 0 Å². The van der Waals surface area contributed by atoms with Crippen molar-refractivity contribution in [3.05, 3.63) is 0 Å². The van der Waals surface area contributed by atoms with E-state index in [1.165, 1.54) is 33.0 Å². The highest BCUT2D eigenvalue weighted by Crippen LogP contribution is 2.24. The van der Waals surface area contributed by atoms with Crippen LogP contribution in [0.5, 0.6) is 0 Å². The first-order valence-electron chi connectivity index (χ1n) is 7.39. The molecule has 0 amide bonds. The van der Waals surface area contributed by atoms with Crippen LogP contribution in [0.2, 0.25) is 0 Å². The van der Waals surface area contributed by atoms with Crippen LogP contribution in [0.3, 0.4) is 0 Å². The van der Waals surface area contributed by atoms with E-state index < -0.39 is 0 Å². The molecule has 1 N–H and O–H groups in total. The Balaban J connectivity index is 1.83. The molecule has 5 heteroatoms. The molecule has 3 unspecified atom stereocenters. The lowest BCUT2D eigenvalue weighted by molar-refractivity contribution is -0.143. The number of nitrogens with one attached hydrogen (secondary N) is 1. The Kier molecular flexibility index (Phi) is 5.19. The van der Waals surface area contributed by atoms with Gasteiger partial charge in [0.1, 0.15) is 6.04 Å². The lowest BCUT2D eigenvalue weighted by atomic mass is 10.1. The number of piperazine rings is 1. The molecule has 0 aromatic heterocycles. The van der Waals surface area contributed by atoms with Gasteiger partial charge >= 0.3 is 5.97 Å². The van der Waals surface area contributed by atoms with Crippen LogP contribution in [0.15, 0.2) is 0 Å². The molecule has 0 bridgehead atoms. The van der Waals surface area contributed by atoms with Crippen molar-refractivity contribution in [2.75, 3.05) is 40.3 Å². The molecule has 2 heterocycles. The van der Waals surface area contributed by atoms with E-state index in [0.717, 1.165) is 25.6 Å². The third kappa shape index (κ3) is 3.46. The molecule has 0 aromatic rings. The first-order valence-corrected chi connectivity index (χ1v) is 7.39. The summed E-state index contributed by atoms with van der Waals surface area (Å²) in [5, 5.41) is 3.04. The van der Waals surface area contributed by atoms with Crippen molar-refractivity contribution in [1.82, 2.24) is 15.1 Å². The maximum atomic E-state index is 11.6. The Morgan fingerprint density at radius 2 is 2.26 bits per heavy atom. The average Bonchev–Trinajstić information content (AvgIpc) is 2.86. The lowest BCUT2D eigenvalue weighted by Crippen LogP contribution is -2.55. The van der Waals surface area contributed by atoms with Crippen LogP contribution in [0.25, 0.3) is 0 Å². The first kappa shape index (κ1) is 14.8. The van der Waals surface area contributed by atoms with Crippen LogP contribution < -0.4 is 5.32 Å². The van der Waals surface area contributed by atoms with Crippen molar-refractivity contribution in [3.63, 3.8) is 0 Å². The van der Waals surface area contributed by atoms with E-state index in [2.05, 4.69) is 22.0 Å². The van der Waals surface area contributed by atoms with Crippen molar-refractivity contribution in [1.29, 1.82) is 0 Å². The summed E-state index contributed by atoms with van der Waals surface area (Å²) >= 11 is 0. The fraction of sp³-hybridized carbons (Fsp3) is 0.929. The van der Waals surface area contributed by atoms with Gasteiger partial charge in [-0.3, -0.25) is 14.6 Å². The maximum absolute atomic E-state index is 11.6. The topological polar surface area (TPSA) is 44.8 Å². The summed E-state index contributed by atoms with van der Waals surface area (Å²) in [5.41, 5.74) is 0. The van der Waals surface area contributed by atoms with Crippen molar-refractivity contribution < 1.29 is 9.53 Å². The number of rotatable bonds is 5. The van der Waals surface area contributed by atoms with Crippen molar-refractivity contribution in [3.8, 4) is 0 Å². The molecule has 2 aliphatic rings. The third-order valence-corrected chi connectivity index (χ3v) is 4.61. The number of hydrogen-bond donors (Lipinski definition) is 1. The quantitative estimate of drug-likeness (QED) is 0.728. The standard InChI is InChI=1S/C14H27N3O2/c1-11-9-17-7-4-5-12(17)10-16(11)8-6-13(15-2)14(18)19-3/h11-13,15H,4-10H2,1-3H3. The smallest absolute Gasteiger partial charge is 0.322 e. The number of nitrogens with zero attached hydrogens (tertiary/aromatic N) is 2. The second-order valence-electron chi connectivity index (χ2n) is 5.79. The number of carbonyl (C=O) groups excluding carboxylic acids is 1. The summed E-state index contributed by atoms with van der Waals surface area (Å²) in [6.07, 6.45) is 3.49. The molecule has 5 nitrogen and oxygen atoms in total. The van der Waals surface area contributed by atoms with Gasteiger partial charge in [0.15, 0.2) is 0 Å². The van der Waals surface area contributed by atoms with Gasteiger partial charge in [-0.1, -0.05) is 0 Å². The Labute approximate surface area is 116 Å². The van der Waals surface area contributed by atoms with Crippen LogP contribution in [0.1, 0.15) is 26.2 Å². The number of hydrogen-bond acceptors (Lipinski definition) is 5. The highest BCUT2D eigenvalue weighted by atomic mass is 16.5. The number of ether oxygens (including phenoxy) is 1. The number of likely N-dealkylation sites (N-methyl/N-ethyl adjacent to an activating group) is 1. The number of carbonyl (C=O) groups is 1. The zero-order chi connectivity index (χ0) is 13.8. The lowest BCUT2D eigenvalue weighted by Gasteiger charge is -2.42. The fourth-order valence-corrected chi connectivity index (χ4v) is 3.38. The fourth-order valence-electron chi connectivity index (χ4n) is 3.38. The van der Waals surface area contributed by atoms with Gasteiger partial charge in [0.05, 0.1) is 7.11 Å². The summed E-state index contributed by atoms with van der Waals surface area (Å²) in [7, 11) is 3.27. The van der Waals surface area contributed by atoms with E-state index in [0.29, 0.717) is 6.04 Å². The maximum Gasteiger partial charge on any atom is 0.322 e. The normalized spacial score (nSPS) is 30.1. The average molecular weight is 269 g/mol. The molecule has 2 saturated heterocycles. The van der Waals surface area contributed by atoms with Crippen molar-refractivity contribution in [2.45, 2.75) is 44.3 Å². The summed E-state index contributed by atoms with van der Waals surface area (Å²) in [5.74, 6) is -0.158. The van der Waals surface area contributed by atoms with Crippen LogP contribution in [-0.4, -0.2) is 74.2 Å². The molecule has 2 fully saturated rings. The monoisotopic (exact) mass is 269 g/mol. The minimum Gasteiger partial charge on any atom is -0.468 e. The van der Waals surface area contributed by atoms with Gasteiger partial charge in [0.2, 0.25) is 0 Å². The molecular formula is C14H27N3O2. The minimum atomic E-state index is -0.182. The Morgan fingerprint density at radius 1 is 1.47 bits per heavy atom. The Bertz CT molecular complexity index is 311. The predicted octanol–water partition coefficient (Wildman–Crippen LogP) is 0.306. The third-order valence-electron chi connectivity index (χ3n) is 4.61. The Morgan fingerprint density at radius 3 is 2.95 bits per heavy atom. The van der Waals surface area contributed by atoms with E-state index in [-0.39, 0.29) is 12.0 Å². The van der Waals surface area contributed by atoms with E-state index in [9.17, 15) is 4.79 Å².